The Morgan fingerprint density at radius 2 is 1.92 bits per heavy atom. The van der Waals surface area contributed by atoms with Crippen molar-refractivity contribution in [2.24, 2.45) is 0 Å². The van der Waals surface area contributed by atoms with Crippen LogP contribution in [0.25, 0.3) is 0 Å². The second-order valence-electron chi connectivity index (χ2n) is 2.50. The molecule has 5 heteroatoms. The summed E-state index contributed by atoms with van der Waals surface area (Å²) >= 11 is 0. The SMILES string of the molecule is CO[Si](O)(OC)c1cccc(F)c1. The van der Waals surface area contributed by atoms with Crippen LogP contribution in [0.5, 0.6) is 0 Å². The van der Waals surface area contributed by atoms with Crippen LogP contribution >= 0.6 is 0 Å². The highest BCUT2D eigenvalue weighted by Crippen LogP contribution is 2.03. The number of hydrogen-bond donors (Lipinski definition) is 1. The average molecular weight is 202 g/mol. The number of rotatable bonds is 3. The molecular formula is C8H11FO3Si. The van der Waals surface area contributed by atoms with E-state index >= 15 is 0 Å². The van der Waals surface area contributed by atoms with Crippen molar-refractivity contribution in [2.45, 2.75) is 0 Å². The molecule has 0 aromatic heterocycles. The number of hydrogen-bond acceptors (Lipinski definition) is 3. The van der Waals surface area contributed by atoms with Crippen molar-refractivity contribution < 1.29 is 18.0 Å². The van der Waals surface area contributed by atoms with E-state index in [0.717, 1.165) is 0 Å². The lowest BCUT2D eigenvalue weighted by Crippen LogP contribution is -2.52. The molecule has 0 saturated heterocycles. The topological polar surface area (TPSA) is 38.7 Å². The predicted octanol–water partition coefficient (Wildman–Crippen LogP) is 0.257. The van der Waals surface area contributed by atoms with Crippen molar-refractivity contribution in [1.29, 1.82) is 0 Å². The molecule has 0 heterocycles. The van der Waals surface area contributed by atoms with E-state index in [0.29, 0.717) is 5.19 Å². The third-order valence-electron chi connectivity index (χ3n) is 1.74. The maximum atomic E-state index is 12.8. The minimum atomic E-state index is -3.34. The van der Waals surface area contributed by atoms with E-state index in [1.54, 1.807) is 6.07 Å². The fourth-order valence-corrected chi connectivity index (χ4v) is 2.27. The van der Waals surface area contributed by atoms with Gasteiger partial charge in [0.25, 0.3) is 0 Å². The van der Waals surface area contributed by atoms with Gasteiger partial charge < -0.3 is 13.6 Å². The van der Waals surface area contributed by atoms with Gasteiger partial charge in [0.05, 0.1) is 0 Å². The van der Waals surface area contributed by atoms with Gasteiger partial charge in [-0.1, -0.05) is 12.1 Å². The lowest BCUT2D eigenvalue weighted by Gasteiger charge is -2.19. The lowest BCUT2D eigenvalue weighted by molar-refractivity contribution is 0.169. The molecule has 0 aliphatic rings. The van der Waals surface area contributed by atoms with Crippen LogP contribution in [0.4, 0.5) is 4.39 Å². The zero-order valence-corrected chi connectivity index (χ0v) is 8.45. The summed E-state index contributed by atoms with van der Waals surface area (Å²) in [5, 5.41) is 0.359. The first-order chi connectivity index (χ1) is 6.12. The van der Waals surface area contributed by atoms with Crippen molar-refractivity contribution >= 4 is 14.0 Å². The molecule has 13 heavy (non-hydrogen) atoms. The zero-order chi connectivity index (χ0) is 9.90. The van der Waals surface area contributed by atoms with Crippen molar-refractivity contribution in [3.8, 4) is 0 Å². The Hall–Kier alpha value is -0.753. The molecule has 0 aliphatic heterocycles. The van der Waals surface area contributed by atoms with Crippen LogP contribution in [0.2, 0.25) is 0 Å². The highest BCUT2D eigenvalue weighted by Gasteiger charge is 2.37. The van der Waals surface area contributed by atoms with E-state index in [1.165, 1.54) is 32.4 Å². The molecule has 0 bridgehead atoms. The average Bonchev–Trinajstić information content (AvgIpc) is 2.17. The molecule has 0 radical (unpaired) electrons. The van der Waals surface area contributed by atoms with Gasteiger partial charge in [0.2, 0.25) is 0 Å². The van der Waals surface area contributed by atoms with E-state index < -0.39 is 14.6 Å². The lowest BCUT2D eigenvalue weighted by atomic mass is 10.3. The van der Waals surface area contributed by atoms with E-state index in [9.17, 15) is 9.19 Å². The summed E-state index contributed by atoms with van der Waals surface area (Å²) in [5.41, 5.74) is 0. The molecule has 0 amide bonds. The van der Waals surface area contributed by atoms with Gasteiger partial charge in [0.1, 0.15) is 5.82 Å². The zero-order valence-electron chi connectivity index (χ0n) is 7.45. The van der Waals surface area contributed by atoms with Gasteiger partial charge in [-0.15, -0.1) is 0 Å². The molecule has 0 fully saturated rings. The molecule has 72 valence electrons. The molecular weight excluding hydrogens is 191 g/mol. The summed E-state index contributed by atoms with van der Waals surface area (Å²) in [6, 6.07) is 5.58. The molecule has 1 aromatic carbocycles. The van der Waals surface area contributed by atoms with Crippen molar-refractivity contribution in [1.82, 2.24) is 0 Å². The standard InChI is InChI=1S/C8H11FO3Si/c1-11-13(10,12-2)8-5-3-4-7(9)6-8/h3-6,10H,1-2H3. The molecule has 1 rings (SSSR count). The predicted molar refractivity (Wildman–Crippen MR) is 48.0 cm³/mol. The summed E-state index contributed by atoms with van der Waals surface area (Å²) in [5.74, 6) is -0.419. The van der Waals surface area contributed by atoms with Crippen LogP contribution in [0.3, 0.4) is 0 Å². The minimum absolute atomic E-state index is 0.359. The molecule has 0 saturated carbocycles. The Bertz CT molecular complexity index is 288. The summed E-state index contributed by atoms with van der Waals surface area (Å²) in [6.07, 6.45) is 0. The first kappa shape index (κ1) is 10.3. The Balaban J connectivity index is 3.05. The molecule has 0 aliphatic carbocycles. The molecule has 1 N–H and O–H groups in total. The normalized spacial score (nSPS) is 11.7. The maximum absolute atomic E-state index is 12.8. The monoisotopic (exact) mass is 202 g/mol. The Morgan fingerprint density at radius 3 is 2.38 bits per heavy atom. The third-order valence-corrected chi connectivity index (χ3v) is 3.89. The van der Waals surface area contributed by atoms with E-state index in [-0.39, 0.29) is 0 Å². The van der Waals surface area contributed by atoms with Crippen molar-refractivity contribution in [2.75, 3.05) is 14.2 Å². The smallest absolute Gasteiger partial charge is 0.386 e. The Morgan fingerprint density at radius 1 is 1.31 bits per heavy atom. The Labute approximate surface area is 77.1 Å². The van der Waals surface area contributed by atoms with Crippen LogP contribution < -0.4 is 5.19 Å². The van der Waals surface area contributed by atoms with Crippen LogP contribution in [0, 0.1) is 5.82 Å². The quantitative estimate of drug-likeness (QED) is 0.714. The Kier molecular flexibility index (Phi) is 3.15. The first-order valence-electron chi connectivity index (χ1n) is 3.71. The first-order valence-corrected chi connectivity index (χ1v) is 5.47. The second-order valence-corrected chi connectivity index (χ2v) is 5.06. The van der Waals surface area contributed by atoms with E-state index in [1.807, 2.05) is 0 Å². The summed E-state index contributed by atoms with van der Waals surface area (Å²) in [6.45, 7) is 0. The van der Waals surface area contributed by atoms with Crippen LogP contribution in [0.15, 0.2) is 24.3 Å². The van der Waals surface area contributed by atoms with Gasteiger partial charge in [-0.05, 0) is 12.1 Å². The second kappa shape index (κ2) is 3.97. The minimum Gasteiger partial charge on any atom is -0.386 e. The molecule has 0 atom stereocenters. The van der Waals surface area contributed by atoms with Crippen molar-refractivity contribution in [3.63, 3.8) is 0 Å². The van der Waals surface area contributed by atoms with Crippen LogP contribution in [0.1, 0.15) is 0 Å². The van der Waals surface area contributed by atoms with Gasteiger partial charge in [-0.2, -0.15) is 0 Å². The molecule has 0 spiro atoms. The summed E-state index contributed by atoms with van der Waals surface area (Å²) in [4.78, 5) is 9.75. The number of benzene rings is 1. The largest absolute Gasteiger partial charge is 0.534 e. The van der Waals surface area contributed by atoms with Gasteiger partial charge >= 0.3 is 8.80 Å². The van der Waals surface area contributed by atoms with Gasteiger partial charge in [-0.3, -0.25) is 0 Å². The van der Waals surface area contributed by atoms with Crippen LogP contribution in [-0.2, 0) is 8.85 Å². The number of halogens is 1. The highest BCUT2D eigenvalue weighted by molar-refractivity contribution is 6.74. The highest BCUT2D eigenvalue weighted by atomic mass is 28.4. The van der Waals surface area contributed by atoms with Gasteiger partial charge in [0, 0.05) is 19.4 Å². The fraction of sp³-hybridized carbons (Fsp3) is 0.250. The maximum Gasteiger partial charge on any atom is 0.534 e. The molecule has 0 unspecified atom stereocenters. The summed E-state index contributed by atoms with van der Waals surface area (Å²) < 4.78 is 22.4. The van der Waals surface area contributed by atoms with Crippen LogP contribution in [-0.4, -0.2) is 27.8 Å². The molecule has 1 aromatic rings. The summed E-state index contributed by atoms with van der Waals surface area (Å²) in [7, 11) is -0.677. The van der Waals surface area contributed by atoms with Gasteiger partial charge in [0.15, 0.2) is 0 Å². The van der Waals surface area contributed by atoms with E-state index in [4.69, 9.17) is 8.85 Å². The van der Waals surface area contributed by atoms with Crippen molar-refractivity contribution in [3.05, 3.63) is 30.1 Å². The van der Waals surface area contributed by atoms with E-state index in [2.05, 4.69) is 0 Å². The third kappa shape index (κ3) is 2.13. The molecule has 3 nitrogen and oxygen atoms in total. The van der Waals surface area contributed by atoms with Gasteiger partial charge in [-0.25, -0.2) is 4.39 Å². The fourth-order valence-electron chi connectivity index (χ4n) is 1.00.